The minimum atomic E-state index is -0.771. The van der Waals surface area contributed by atoms with Crippen LogP contribution in [0.5, 0.6) is 0 Å². The lowest BCUT2D eigenvalue weighted by molar-refractivity contribution is -0.167. The van der Waals surface area contributed by atoms with Gasteiger partial charge < -0.3 is 14.2 Å². The molecule has 0 fully saturated rings. The number of allylic oxidation sites excluding steroid dienone is 10. The zero-order chi connectivity index (χ0) is 54.3. The fraction of sp³-hybridized carbons (Fsp3) is 0.812. The summed E-state index contributed by atoms with van der Waals surface area (Å²) >= 11 is 0. The normalized spacial score (nSPS) is 12.4. The molecule has 75 heavy (non-hydrogen) atoms. The quantitative estimate of drug-likeness (QED) is 0.0261. The molecule has 0 aromatic heterocycles. The maximum absolute atomic E-state index is 12.9. The molecule has 6 heteroatoms. The van der Waals surface area contributed by atoms with Crippen molar-refractivity contribution in [2.75, 3.05) is 13.2 Å². The van der Waals surface area contributed by atoms with E-state index in [4.69, 9.17) is 14.2 Å². The fourth-order valence-electron chi connectivity index (χ4n) is 9.65. The van der Waals surface area contributed by atoms with Crippen molar-refractivity contribution in [2.24, 2.45) is 0 Å². The van der Waals surface area contributed by atoms with Gasteiger partial charge in [0, 0.05) is 19.3 Å². The molecule has 0 saturated carbocycles. The van der Waals surface area contributed by atoms with Crippen LogP contribution in [0.15, 0.2) is 60.8 Å². The highest BCUT2D eigenvalue weighted by Crippen LogP contribution is 2.18. The van der Waals surface area contributed by atoms with E-state index in [1.807, 2.05) is 0 Å². The molecule has 0 spiro atoms. The molecule has 0 radical (unpaired) electrons. The van der Waals surface area contributed by atoms with Crippen LogP contribution in [-0.2, 0) is 28.6 Å². The van der Waals surface area contributed by atoms with Crippen molar-refractivity contribution in [1.82, 2.24) is 0 Å². The first-order valence-corrected chi connectivity index (χ1v) is 32.8. The van der Waals surface area contributed by atoms with Gasteiger partial charge in [0.1, 0.15) is 13.2 Å². The van der Waals surface area contributed by atoms with Gasteiger partial charge in [-0.25, -0.2) is 0 Å². The zero-order valence-electron chi connectivity index (χ0n) is 50.1. The lowest BCUT2D eigenvalue weighted by Crippen LogP contribution is -2.30. The summed E-state index contributed by atoms with van der Waals surface area (Å²) in [7, 11) is 0. The molecule has 1 atom stereocenters. The molecule has 0 aromatic rings. The Labute approximate surface area is 466 Å². The molecule has 0 rings (SSSR count). The Morgan fingerprint density at radius 1 is 0.280 bits per heavy atom. The summed E-state index contributed by atoms with van der Waals surface area (Å²) in [5.41, 5.74) is 0. The summed E-state index contributed by atoms with van der Waals surface area (Å²) < 4.78 is 16.9. The first-order valence-electron chi connectivity index (χ1n) is 32.8. The van der Waals surface area contributed by atoms with E-state index in [1.165, 1.54) is 212 Å². The van der Waals surface area contributed by atoms with E-state index in [-0.39, 0.29) is 31.1 Å². The Morgan fingerprint density at radius 3 is 0.813 bits per heavy atom. The molecular weight excluding hydrogens is 925 g/mol. The number of unbranched alkanes of at least 4 members (excludes halogenated alkanes) is 39. The first-order chi connectivity index (χ1) is 37.0. The fourth-order valence-corrected chi connectivity index (χ4v) is 9.65. The minimum absolute atomic E-state index is 0.0695. The number of hydrogen-bond donors (Lipinski definition) is 0. The van der Waals surface area contributed by atoms with Crippen molar-refractivity contribution in [3.8, 4) is 0 Å². The Kier molecular flexibility index (Phi) is 61.2. The molecule has 0 amide bonds. The number of rotatable bonds is 60. The second-order valence-electron chi connectivity index (χ2n) is 22.0. The molecule has 0 N–H and O–H groups in total. The SMILES string of the molecule is CC/C=C\C/C=C\C/C=C\C/C=C\C/C=C\CCCCCCCCCCCCCC(=O)OCC(COC(=O)CCCCCCCCCCCC)OC(=O)CCCCCCCCCCCCCCCCCCCCCC. The van der Waals surface area contributed by atoms with Crippen molar-refractivity contribution in [2.45, 2.75) is 348 Å². The molecular formula is C69H124O6. The lowest BCUT2D eigenvalue weighted by atomic mass is 10.0. The van der Waals surface area contributed by atoms with E-state index in [9.17, 15) is 14.4 Å². The van der Waals surface area contributed by atoms with Gasteiger partial charge in [-0.3, -0.25) is 14.4 Å². The van der Waals surface area contributed by atoms with Crippen molar-refractivity contribution < 1.29 is 28.6 Å². The van der Waals surface area contributed by atoms with E-state index in [2.05, 4.69) is 81.5 Å². The number of carbonyl (C=O) groups excluding carboxylic acids is 3. The van der Waals surface area contributed by atoms with Crippen LogP contribution >= 0.6 is 0 Å². The van der Waals surface area contributed by atoms with E-state index in [0.717, 1.165) is 89.9 Å². The molecule has 436 valence electrons. The Balaban J connectivity index is 4.20. The minimum Gasteiger partial charge on any atom is -0.462 e. The van der Waals surface area contributed by atoms with Gasteiger partial charge in [0.2, 0.25) is 0 Å². The van der Waals surface area contributed by atoms with E-state index >= 15 is 0 Å². The van der Waals surface area contributed by atoms with Crippen LogP contribution in [0.25, 0.3) is 0 Å². The van der Waals surface area contributed by atoms with Gasteiger partial charge >= 0.3 is 17.9 Å². The smallest absolute Gasteiger partial charge is 0.306 e. The molecule has 0 aliphatic rings. The third kappa shape index (κ3) is 61.8. The van der Waals surface area contributed by atoms with Crippen LogP contribution in [0.1, 0.15) is 342 Å². The van der Waals surface area contributed by atoms with Crippen molar-refractivity contribution >= 4 is 17.9 Å². The average molecular weight is 1050 g/mol. The monoisotopic (exact) mass is 1050 g/mol. The van der Waals surface area contributed by atoms with E-state index in [1.54, 1.807) is 0 Å². The summed E-state index contributed by atoms with van der Waals surface area (Å²) in [5, 5.41) is 0. The van der Waals surface area contributed by atoms with Crippen LogP contribution in [0.2, 0.25) is 0 Å². The Hall–Kier alpha value is -2.89. The number of ether oxygens (including phenoxy) is 3. The topological polar surface area (TPSA) is 78.9 Å². The Morgan fingerprint density at radius 2 is 0.520 bits per heavy atom. The summed E-state index contributed by atoms with van der Waals surface area (Å²) in [6, 6.07) is 0. The molecule has 1 unspecified atom stereocenters. The van der Waals surface area contributed by atoms with E-state index < -0.39 is 6.10 Å². The highest BCUT2D eigenvalue weighted by molar-refractivity contribution is 5.71. The maximum atomic E-state index is 12.9. The highest BCUT2D eigenvalue weighted by atomic mass is 16.6. The third-order valence-electron chi connectivity index (χ3n) is 14.5. The van der Waals surface area contributed by atoms with Gasteiger partial charge in [0.25, 0.3) is 0 Å². The van der Waals surface area contributed by atoms with Crippen LogP contribution < -0.4 is 0 Å². The maximum Gasteiger partial charge on any atom is 0.306 e. The highest BCUT2D eigenvalue weighted by Gasteiger charge is 2.19. The van der Waals surface area contributed by atoms with Crippen LogP contribution in [0.4, 0.5) is 0 Å². The van der Waals surface area contributed by atoms with Gasteiger partial charge in [0.15, 0.2) is 6.10 Å². The Bertz CT molecular complexity index is 1340. The van der Waals surface area contributed by atoms with Crippen molar-refractivity contribution in [3.05, 3.63) is 60.8 Å². The summed E-state index contributed by atoms with van der Waals surface area (Å²) in [4.78, 5) is 38.2. The molecule has 6 nitrogen and oxygen atoms in total. The van der Waals surface area contributed by atoms with Gasteiger partial charge in [-0.15, -0.1) is 0 Å². The second-order valence-corrected chi connectivity index (χ2v) is 22.0. The van der Waals surface area contributed by atoms with E-state index in [0.29, 0.717) is 19.3 Å². The molecule has 0 aliphatic heterocycles. The van der Waals surface area contributed by atoms with Gasteiger partial charge in [-0.05, 0) is 64.2 Å². The summed E-state index contributed by atoms with van der Waals surface area (Å²) in [6.07, 6.45) is 81.0. The molecule has 0 saturated heterocycles. The van der Waals surface area contributed by atoms with Crippen molar-refractivity contribution in [3.63, 3.8) is 0 Å². The van der Waals surface area contributed by atoms with Crippen molar-refractivity contribution in [1.29, 1.82) is 0 Å². The number of esters is 3. The van der Waals surface area contributed by atoms with Crippen LogP contribution in [-0.4, -0.2) is 37.2 Å². The lowest BCUT2D eigenvalue weighted by Gasteiger charge is -2.18. The van der Waals surface area contributed by atoms with Gasteiger partial charge in [0.05, 0.1) is 0 Å². The first kappa shape index (κ1) is 72.1. The van der Waals surface area contributed by atoms with Crippen LogP contribution in [0, 0.1) is 0 Å². The summed E-state index contributed by atoms with van der Waals surface area (Å²) in [5.74, 6) is -0.853. The molecule has 0 bridgehead atoms. The number of carbonyl (C=O) groups is 3. The average Bonchev–Trinajstić information content (AvgIpc) is 3.41. The van der Waals surface area contributed by atoms with Crippen LogP contribution in [0.3, 0.4) is 0 Å². The molecule has 0 aliphatic carbocycles. The largest absolute Gasteiger partial charge is 0.462 e. The predicted octanol–water partition coefficient (Wildman–Crippen LogP) is 22.3. The molecule has 0 heterocycles. The third-order valence-corrected chi connectivity index (χ3v) is 14.5. The standard InChI is InChI=1S/C69H124O6/c1-4-7-10-13-16-19-22-24-26-28-30-32-33-34-35-36-37-38-40-41-43-45-47-50-53-56-59-62-68(71)74-65-66(64-73-67(70)61-58-55-52-49-21-18-15-12-9-6-3)75-69(72)63-60-57-54-51-48-46-44-42-39-31-29-27-25-23-20-17-14-11-8-5-2/h7,10,16,19,24,26,30,32,34-35,66H,4-6,8-9,11-15,17-18,20-23,25,27-29,31,33,36-65H2,1-3H3/b10-7-,19-16-,26-24-,32-30-,35-34-. The molecule has 0 aromatic carbocycles. The van der Waals surface area contributed by atoms with Gasteiger partial charge in [-0.2, -0.15) is 0 Å². The summed E-state index contributed by atoms with van der Waals surface area (Å²) in [6.45, 7) is 6.56. The number of hydrogen-bond acceptors (Lipinski definition) is 6. The van der Waals surface area contributed by atoms with Gasteiger partial charge in [-0.1, -0.05) is 319 Å². The predicted molar refractivity (Wildman–Crippen MR) is 325 cm³/mol. The zero-order valence-corrected chi connectivity index (χ0v) is 50.1. The second kappa shape index (κ2) is 63.6.